The first kappa shape index (κ1) is 15.0. The normalized spacial score (nSPS) is 17.6. The Hall–Kier alpha value is -1.36. The molecule has 112 valence electrons. The van der Waals surface area contributed by atoms with Crippen LogP contribution in [0.5, 0.6) is 0 Å². The third-order valence-corrected chi connectivity index (χ3v) is 4.51. The van der Waals surface area contributed by atoms with Gasteiger partial charge in [-0.25, -0.2) is 4.98 Å². The molecule has 0 radical (unpaired) electrons. The highest BCUT2D eigenvalue weighted by atomic mass is 16.4. The highest BCUT2D eigenvalue weighted by molar-refractivity contribution is 5.78. The Morgan fingerprint density at radius 3 is 2.80 bits per heavy atom. The van der Waals surface area contributed by atoms with Gasteiger partial charge in [-0.3, -0.25) is 4.79 Å². The summed E-state index contributed by atoms with van der Waals surface area (Å²) >= 11 is 0. The van der Waals surface area contributed by atoms with Crippen molar-refractivity contribution in [3.05, 3.63) is 17.2 Å². The highest BCUT2D eigenvalue weighted by Crippen LogP contribution is 2.23. The summed E-state index contributed by atoms with van der Waals surface area (Å²) in [5.74, 6) is 0.280. The first-order valence-corrected chi connectivity index (χ1v) is 7.45. The summed E-state index contributed by atoms with van der Waals surface area (Å²) in [4.78, 5) is 15.9. The summed E-state index contributed by atoms with van der Waals surface area (Å²) in [6.45, 7) is 4.65. The van der Waals surface area contributed by atoms with Gasteiger partial charge in [0.1, 0.15) is 11.4 Å². The lowest BCUT2D eigenvalue weighted by Crippen LogP contribution is -2.47. The van der Waals surface area contributed by atoms with Gasteiger partial charge in [0.15, 0.2) is 0 Å². The van der Waals surface area contributed by atoms with Crippen LogP contribution in [0.15, 0.2) is 0 Å². The van der Waals surface area contributed by atoms with E-state index >= 15 is 0 Å². The predicted molar refractivity (Wildman–Crippen MR) is 77.9 cm³/mol. The quantitative estimate of drug-likeness (QED) is 0.835. The van der Waals surface area contributed by atoms with Crippen molar-refractivity contribution in [2.24, 2.45) is 0 Å². The minimum Gasteiger partial charge on any atom is -0.480 e. The Kier molecular flexibility index (Phi) is 4.48. The molecule has 1 aliphatic carbocycles. The first-order chi connectivity index (χ1) is 9.48. The maximum absolute atomic E-state index is 11.3. The molecule has 0 aromatic carbocycles. The minimum absolute atomic E-state index is 0.616. The number of imidazole rings is 1. The Bertz CT molecular complexity index is 496. The van der Waals surface area contributed by atoms with Crippen molar-refractivity contribution < 1.29 is 9.90 Å². The van der Waals surface area contributed by atoms with Crippen molar-refractivity contribution in [1.29, 1.82) is 0 Å². The molecule has 0 amide bonds. The predicted octanol–water partition coefficient (Wildman–Crippen LogP) is 1.91. The van der Waals surface area contributed by atoms with E-state index in [4.69, 9.17) is 0 Å². The standard InChI is InChI=1S/C15H25N3O2/c1-11-17-12-7-4-5-8-13(12)18(11)10-6-9-15(2,16-3)14(19)20/h16H,4-10H2,1-3H3,(H,19,20). The van der Waals surface area contributed by atoms with Gasteiger partial charge < -0.3 is 15.0 Å². The van der Waals surface area contributed by atoms with Crippen LogP contribution < -0.4 is 5.32 Å². The first-order valence-electron chi connectivity index (χ1n) is 7.45. The molecule has 1 aromatic rings. The molecule has 5 nitrogen and oxygen atoms in total. The van der Waals surface area contributed by atoms with Crippen LogP contribution in [-0.4, -0.2) is 33.2 Å². The zero-order chi connectivity index (χ0) is 14.8. The highest BCUT2D eigenvalue weighted by Gasteiger charge is 2.30. The summed E-state index contributed by atoms with van der Waals surface area (Å²) in [5.41, 5.74) is 1.78. The van der Waals surface area contributed by atoms with E-state index in [0.29, 0.717) is 6.42 Å². The van der Waals surface area contributed by atoms with Crippen molar-refractivity contribution in [3.8, 4) is 0 Å². The number of aliphatic carboxylic acids is 1. The van der Waals surface area contributed by atoms with Crippen LogP contribution in [0.3, 0.4) is 0 Å². The zero-order valence-corrected chi connectivity index (χ0v) is 12.7. The number of nitrogens with one attached hydrogen (secondary N) is 1. The molecule has 0 saturated carbocycles. The number of aromatic nitrogens is 2. The number of carboxylic acid groups (broad SMARTS) is 1. The maximum Gasteiger partial charge on any atom is 0.323 e. The van der Waals surface area contributed by atoms with Crippen LogP contribution in [0.4, 0.5) is 0 Å². The molecule has 1 unspecified atom stereocenters. The molecule has 2 N–H and O–H groups in total. The van der Waals surface area contributed by atoms with Gasteiger partial charge in [0.25, 0.3) is 0 Å². The van der Waals surface area contributed by atoms with Crippen LogP contribution in [0.2, 0.25) is 0 Å². The lowest BCUT2D eigenvalue weighted by Gasteiger charge is -2.24. The van der Waals surface area contributed by atoms with E-state index in [0.717, 1.165) is 31.6 Å². The molecule has 1 atom stereocenters. The van der Waals surface area contributed by atoms with Gasteiger partial charge in [-0.1, -0.05) is 0 Å². The van der Waals surface area contributed by atoms with Crippen molar-refractivity contribution in [1.82, 2.24) is 14.9 Å². The summed E-state index contributed by atoms with van der Waals surface area (Å²) in [5, 5.41) is 12.2. The summed E-state index contributed by atoms with van der Waals surface area (Å²) in [7, 11) is 1.71. The smallest absolute Gasteiger partial charge is 0.323 e. The molecule has 5 heteroatoms. The van der Waals surface area contributed by atoms with Crippen LogP contribution in [0.25, 0.3) is 0 Å². The van der Waals surface area contributed by atoms with E-state index in [1.165, 1.54) is 24.2 Å². The molecule has 0 bridgehead atoms. The van der Waals surface area contributed by atoms with Gasteiger partial charge >= 0.3 is 5.97 Å². The lowest BCUT2D eigenvalue weighted by atomic mass is 9.96. The third kappa shape index (κ3) is 2.87. The van der Waals surface area contributed by atoms with Crippen molar-refractivity contribution in [3.63, 3.8) is 0 Å². The number of rotatable bonds is 6. The number of carbonyl (C=O) groups is 1. The second kappa shape index (κ2) is 5.95. The van der Waals surface area contributed by atoms with E-state index < -0.39 is 11.5 Å². The van der Waals surface area contributed by atoms with Gasteiger partial charge in [-0.2, -0.15) is 0 Å². The molecule has 20 heavy (non-hydrogen) atoms. The second-order valence-corrected chi connectivity index (χ2v) is 5.90. The van der Waals surface area contributed by atoms with E-state index in [1.54, 1.807) is 14.0 Å². The summed E-state index contributed by atoms with van der Waals surface area (Å²) in [6, 6.07) is 0. The van der Waals surface area contributed by atoms with Crippen LogP contribution >= 0.6 is 0 Å². The number of likely N-dealkylation sites (N-methyl/N-ethyl adjacent to an activating group) is 1. The number of carboxylic acids is 1. The van der Waals surface area contributed by atoms with Gasteiger partial charge in [0, 0.05) is 12.2 Å². The fourth-order valence-electron chi connectivity index (χ4n) is 2.96. The van der Waals surface area contributed by atoms with Gasteiger partial charge in [-0.05, 0) is 59.4 Å². The van der Waals surface area contributed by atoms with Crippen LogP contribution in [-0.2, 0) is 24.2 Å². The third-order valence-electron chi connectivity index (χ3n) is 4.51. The number of nitrogens with zero attached hydrogens (tertiary/aromatic N) is 2. The molecular weight excluding hydrogens is 254 g/mol. The van der Waals surface area contributed by atoms with Crippen molar-refractivity contribution >= 4 is 5.97 Å². The maximum atomic E-state index is 11.3. The Labute approximate surface area is 120 Å². The number of hydrogen-bond donors (Lipinski definition) is 2. The fourth-order valence-corrected chi connectivity index (χ4v) is 2.96. The van der Waals surface area contributed by atoms with Gasteiger partial charge in [0.05, 0.1) is 5.69 Å². The molecule has 1 aromatic heterocycles. The Morgan fingerprint density at radius 1 is 1.45 bits per heavy atom. The molecule has 0 spiro atoms. The summed E-state index contributed by atoms with van der Waals surface area (Å²) in [6.07, 6.45) is 6.13. The fraction of sp³-hybridized carbons (Fsp3) is 0.733. The average Bonchev–Trinajstić information content (AvgIpc) is 2.74. The SMILES string of the molecule is CNC(C)(CCCn1c(C)nc2c1CCCC2)C(=O)O. The van der Waals surface area contributed by atoms with Crippen LogP contribution in [0.1, 0.15) is 49.8 Å². The Balaban J connectivity index is 2.01. The molecule has 0 fully saturated rings. The molecule has 2 rings (SSSR count). The number of hydrogen-bond acceptors (Lipinski definition) is 3. The number of fused-ring (bicyclic) bond motifs is 1. The van der Waals surface area contributed by atoms with E-state index in [1.807, 2.05) is 6.92 Å². The largest absolute Gasteiger partial charge is 0.480 e. The molecule has 0 saturated heterocycles. The van der Waals surface area contributed by atoms with Crippen molar-refractivity contribution in [2.45, 2.75) is 64.5 Å². The van der Waals surface area contributed by atoms with Crippen molar-refractivity contribution in [2.75, 3.05) is 7.05 Å². The molecular formula is C15H25N3O2. The minimum atomic E-state index is -0.839. The van der Waals surface area contributed by atoms with E-state index in [-0.39, 0.29) is 0 Å². The molecule has 0 aliphatic heterocycles. The second-order valence-electron chi connectivity index (χ2n) is 5.90. The van der Waals surface area contributed by atoms with Gasteiger partial charge in [-0.15, -0.1) is 0 Å². The molecule has 1 heterocycles. The molecule has 1 aliphatic rings. The van der Waals surface area contributed by atoms with E-state index in [9.17, 15) is 9.90 Å². The Morgan fingerprint density at radius 2 is 2.15 bits per heavy atom. The average molecular weight is 279 g/mol. The van der Waals surface area contributed by atoms with E-state index in [2.05, 4.69) is 14.9 Å². The monoisotopic (exact) mass is 279 g/mol. The number of aryl methyl sites for hydroxylation is 2. The summed E-state index contributed by atoms with van der Waals surface area (Å²) < 4.78 is 2.28. The lowest BCUT2D eigenvalue weighted by molar-refractivity contribution is -0.144. The topological polar surface area (TPSA) is 67.2 Å². The van der Waals surface area contributed by atoms with Crippen LogP contribution in [0, 0.1) is 6.92 Å². The zero-order valence-electron chi connectivity index (χ0n) is 12.7. The van der Waals surface area contributed by atoms with Gasteiger partial charge in [0.2, 0.25) is 0 Å².